The maximum atomic E-state index is 5.13. The number of rotatable bonds is 2. The molecule has 0 spiro atoms. The van der Waals surface area contributed by atoms with E-state index in [1.807, 2.05) is 37.4 Å². The van der Waals surface area contributed by atoms with Crippen molar-refractivity contribution >= 4 is 17.2 Å². The van der Waals surface area contributed by atoms with Crippen molar-refractivity contribution in [3.8, 4) is 11.3 Å². The molecule has 1 heterocycles. The topological polar surface area (TPSA) is 40.7 Å². The third-order valence-corrected chi connectivity index (χ3v) is 2.63. The number of H-pyrrole nitrogens is 1. The first-order valence-electron chi connectivity index (χ1n) is 4.63. The van der Waals surface area contributed by atoms with Crippen LogP contribution in [0.3, 0.4) is 0 Å². The Bertz CT molecular complexity index is 445. The molecule has 0 fully saturated rings. The Balaban J connectivity index is 2.29. The summed E-state index contributed by atoms with van der Waals surface area (Å²) in [6, 6.07) is 9.97. The van der Waals surface area contributed by atoms with E-state index in [0.717, 1.165) is 21.8 Å². The Morgan fingerprint density at radius 2 is 2.00 bits per heavy atom. The van der Waals surface area contributed by atoms with Crippen molar-refractivity contribution in [2.45, 2.75) is 0 Å². The lowest BCUT2D eigenvalue weighted by molar-refractivity contribution is 1.10. The molecule has 3 nitrogen and oxygen atoms in total. The molecule has 0 bridgehead atoms. The highest BCUT2D eigenvalue weighted by molar-refractivity contribution is 7.80. The second kappa shape index (κ2) is 4.23. The van der Waals surface area contributed by atoms with E-state index in [9.17, 15) is 0 Å². The molecule has 1 aromatic heterocycles. The fraction of sp³-hybridized carbons (Fsp3) is 0.0909. The van der Waals surface area contributed by atoms with Crippen LogP contribution >= 0.6 is 12.2 Å². The minimum atomic E-state index is 0.756. The standard InChI is InChI=1S/C11H11N3S/c1-12-11(15)9-4-2-8(3-5-9)10-6-7-13-14-10/h2-7H,1H3,(H,12,15)(H,13,14). The van der Waals surface area contributed by atoms with Crippen LogP contribution in [0, 0.1) is 0 Å². The second-order valence-corrected chi connectivity index (χ2v) is 3.54. The van der Waals surface area contributed by atoms with Crippen molar-refractivity contribution in [2.75, 3.05) is 7.05 Å². The molecule has 1 aromatic carbocycles. The SMILES string of the molecule is CNC(=S)c1ccc(-c2ccn[nH]2)cc1. The summed E-state index contributed by atoms with van der Waals surface area (Å²) in [6.07, 6.45) is 1.74. The first kappa shape index (κ1) is 9.86. The maximum Gasteiger partial charge on any atom is 0.106 e. The van der Waals surface area contributed by atoms with E-state index >= 15 is 0 Å². The first-order valence-corrected chi connectivity index (χ1v) is 5.04. The highest BCUT2D eigenvalue weighted by atomic mass is 32.1. The molecule has 2 aromatic rings. The molecule has 4 heteroatoms. The van der Waals surface area contributed by atoms with E-state index in [4.69, 9.17) is 12.2 Å². The summed E-state index contributed by atoms with van der Waals surface area (Å²) in [7, 11) is 1.82. The Morgan fingerprint density at radius 1 is 1.27 bits per heavy atom. The number of thiocarbonyl (C=S) groups is 1. The van der Waals surface area contributed by atoms with E-state index in [2.05, 4.69) is 15.5 Å². The van der Waals surface area contributed by atoms with E-state index in [1.165, 1.54) is 0 Å². The third kappa shape index (κ3) is 2.05. The minimum absolute atomic E-state index is 0.756. The minimum Gasteiger partial charge on any atom is -0.379 e. The molecular formula is C11H11N3S. The molecule has 76 valence electrons. The molecule has 0 aliphatic rings. The molecule has 15 heavy (non-hydrogen) atoms. The van der Waals surface area contributed by atoms with Gasteiger partial charge < -0.3 is 5.32 Å². The van der Waals surface area contributed by atoms with Gasteiger partial charge in [0.25, 0.3) is 0 Å². The molecule has 0 aliphatic heterocycles. The predicted molar refractivity (Wildman–Crippen MR) is 64.8 cm³/mol. The molecule has 0 aliphatic carbocycles. The normalized spacial score (nSPS) is 9.93. The van der Waals surface area contributed by atoms with Gasteiger partial charge in [-0.1, -0.05) is 36.5 Å². The number of hydrogen-bond donors (Lipinski definition) is 2. The summed E-state index contributed by atoms with van der Waals surface area (Å²) in [5, 5.41) is 9.77. The van der Waals surface area contributed by atoms with Gasteiger partial charge in [-0.3, -0.25) is 5.10 Å². The van der Waals surface area contributed by atoms with Crippen molar-refractivity contribution in [3.05, 3.63) is 42.1 Å². The largest absolute Gasteiger partial charge is 0.379 e. The van der Waals surface area contributed by atoms with Gasteiger partial charge in [0.2, 0.25) is 0 Å². The molecule has 0 unspecified atom stereocenters. The Hall–Kier alpha value is -1.68. The average Bonchev–Trinajstić information content (AvgIpc) is 2.82. The number of hydrogen-bond acceptors (Lipinski definition) is 2. The summed E-state index contributed by atoms with van der Waals surface area (Å²) in [6.45, 7) is 0. The van der Waals surface area contributed by atoms with Gasteiger partial charge in [-0.15, -0.1) is 0 Å². The van der Waals surface area contributed by atoms with Gasteiger partial charge in [-0.05, 0) is 11.6 Å². The fourth-order valence-corrected chi connectivity index (χ4v) is 1.50. The summed E-state index contributed by atoms with van der Waals surface area (Å²) < 4.78 is 0. The zero-order chi connectivity index (χ0) is 10.7. The lowest BCUT2D eigenvalue weighted by atomic mass is 10.1. The maximum absolute atomic E-state index is 5.13. The second-order valence-electron chi connectivity index (χ2n) is 3.13. The van der Waals surface area contributed by atoms with Gasteiger partial charge in [0.15, 0.2) is 0 Å². The number of aromatic nitrogens is 2. The van der Waals surface area contributed by atoms with Gasteiger partial charge in [0, 0.05) is 18.8 Å². The fourth-order valence-electron chi connectivity index (χ4n) is 1.36. The zero-order valence-corrected chi connectivity index (χ0v) is 9.14. The van der Waals surface area contributed by atoms with Crippen molar-refractivity contribution in [2.24, 2.45) is 0 Å². The van der Waals surface area contributed by atoms with Crippen LogP contribution in [0.5, 0.6) is 0 Å². The third-order valence-electron chi connectivity index (χ3n) is 2.19. The van der Waals surface area contributed by atoms with Crippen LogP contribution in [-0.2, 0) is 0 Å². The molecule has 2 rings (SSSR count). The first-order chi connectivity index (χ1) is 7.31. The number of benzene rings is 1. The molecule has 2 N–H and O–H groups in total. The van der Waals surface area contributed by atoms with Crippen molar-refractivity contribution in [1.82, 2.24) is 15.5 Å². The predicted octanol–water partition coefficient (Wildman–Crippen LogP) is 1.97. The van der Waals surface area contributed by atoms with Crippen LogP contribution in [0.4, 0.5) is 0 Å². The van der Waals surface area contributed by atoms with Crippen LogP contribution in [0.2, 0.25) is 0 Å². The van der Waals surface area contributed by atoms with E-state index in [1.54, 1.807) is 6.20 Å². The highest BCUT2D eigenvalue weighted by Gasteiger charge is 2.00. The number of aromatic amines is 1. The monoisotopic (exact) mass is 217 g/mol. The summed E-state index contributed by atoms with van der Waals surface area (Å²) in [5.41, 5.74) is 3.14. The summed E-state index contributed by atoms with van der Waals surface area (Å²) in [5.74, 6) is 0. The highest BCUT2D eigenvalue weighted by Crippen LogP contribution is 2.16. The Morgan fingerprint density at radius 3 is 2.53 bits per heavy atom. The van der Waals surface area contributed by atoms with E-state index < -0.39 is 0 Å². The van der Waals surface area contributed by atoms with Crippen LogP contribution in [0.15, 0.2) is 36.5 Å². The Kier molecular flexibility index (Phi) is 2.78. The molecule has 0 radical (unpaired) electrons. The van der Waals surface area contributed by atoms with Gasteiger partial charge in [0.05, 0.1) is 5.69 Å². The molecule has 0 amide bonds. The van der Waals surface area contributed by atoms with Gasteiger partial charge in [-0.2, -0.15) is 5.10 Å². The average molecular weight is 217 g/mol. The molecular weight excluding hydrogens is 206 g/mol. The zero-order valence-electron chi connectivity index (χ0n) is 8.32. The van der Waals surface area contributed by atoms with Crippen LogP contribution in [0.25, 0.3) is 11.3 Å². The quantitative estimate of drug-likeness (QED) is 0.756. The molecule has 0 atom stereocenters. The van der Waals surface area contributed by atoms with Crippen molar-refractivity contribution in [1.29, 1.82) is 0 Å². The van der Waals surface area contributed by atoms with Crippen molar-refractivity contribution < 1.29 is 0 Å². The lowest BCUT2D eigenvalue weighted by Crippen LogP contribution is -2.16. The smallest absolute Gasteiger partial charge is 0.106 e. The Labute approximate surface area is 93.5 Å². The lowest BCUT2D eigenvalue weighted by Gasteiger charge is -2.03. The van der Waals surface area contributed by atoms with Gasteiger partial charge in [-0.25, -0.2) is 0 Å². The van der Waals surface area contributed by atoms with Crippen LogP contribution in [0.1, 0.15) is 5.56 Å². The van der Waals surface area contributed by atoms with Crippen molar-refractivity contribution in [3.63, 3.8) is 0 Å². The van der Waals surface area contributed by atoms with Crippen LogP contribution in [-0.4, -0.2) is 22.2 Å². The van der Waals surface area contributed by atoms with Gasteiger partial charge >= 0.3 is 0 Å². The van der Waals surface area contributed by atoms with Gasteiger partial charge in [0.1, 0.15) is 4.99 Å². The van der Waals surface area contributed by atoms with E-state index in [-0.39, 0.29) is 0 Å². The summed E-state index contributed by atoms with van der Waals surface area (Å²) >= 11 is 5.13. The van der Waals surface area contributed by atoms with E-state index in [0.29, 0.717) is 0 Å². The number of nitrogens with zero attached hydrogens (tertiary/aromatic N) is 1. The molecule has 0 saturated heterocycles. The number of nitrogens with one attached hydrogen (secondary N) is 2. The summed E-state index contributed by atoms with van der Waals surface area (Å²) in [4.78, 5) is 0.756. The van der Waals surface area contributed by atoms with Crippen LogP contribution < -0.4 is 5.32 Å². The molecule has 0 saturated carbocycles.